The third-order valence-electron chi connectivity index (χ3n) is 7.40. The number of pyridine rings is 1. The maximum Gasteiger partial charge on any atom is 0.306 e. The van der Waals surface area contributed by atoms with Crippen molar-refractivity contribution < 1.29 is 14.6 Å². The zero-order chi connectivity index (χ0) is 24.7. The summed E-state index contributed by atoms with van der Waals surface area (Å²) in [5.41, 5.74) is 4.74. The maximum absolute atomic E-state index is 11.6. The average Bonchev–Trinajstić information content (AvgIpc) is 3.44. The summed E-state index contributed by atoms with van der Waals surface area (Å²) in [5.74, 6) is -0.286. The number of carboxylic acids is 1. The topological polar surface area (TPSA) is 117 Å². The molecule has 8 heteroatoms. The number of hydrogen-bond acceptors (Lipinski definition) is 5. The first-order chi connectivity index (χ1) is 16.8. The second-order valence-corrected chi connectivity index (χ2v) is 10.1. The van der Waals surface area contributed by atoms with Crippen LogP contribution in [-0.2, 0) is 10.2 Å². The number of H-pyrrole nitrogens is 1. The van der Waals surface area contributed by atoms with E-state index in [1.165, 1.54) is 5.56 Å². The minimum Gasteiger partial charge on any atom is -0.481 e. The number of benzene rings is 1. The summed E-state index contributed by atoms with van der Waals surface area (Å²) in [4.78, 5) is 15.9. The van der Waals surface area contributed by atoms with Crippen LogP contribution < -0.4 is 4.74 Å². The van der Waals surface area contributed by atoms with E-state index in [0.29, 0.717) is 25.1 Å². The molecule has 35 heavy (non-hydrogen) atoms. The van der Waals surface area contributed by atoms with Gasteiger partial charge in [0.25, 0.3) is 0 Å². The fraction of sp³-hybridized carbons (Fsp3) is 0.407. The van der Waals surface area contributed by atoms with Gasteiger partial charge in [-0.1, -0.05) is 13.8 Å². The molecule has 0 aliphatic heterocycles. The molecular weight excluding hydrogens is 442 g/mol. The van der Waals surface area contributed by atoms with Crippen LogP contribution in [-0.4, -0.2) is 37.9 Å². The number of aromatic nitrogens is 4. The van der Waals surface area contributed by atoms with E-state index < -0.39 is 11.4 Å². The van der Waals surface area contributed by atoms with Crippen LogP contribution in [0.25, 0.3) is 27.5 Å². The molecule has 0 radical (unpaired) electrons. The fourth-order valence-electron chi connectivity index (χ4n) is 5.66. The lowest BCUT2D eigenvalue weighted by Gasteiger charge is -2.32. The molecule has 1 aliphatic carbocycles. The molecule has 1 aliphatic rings. The van der Waals surface area contributed by atoms with Gasteiger partial charge in [-0.3, -0.25) is 9.89 Å². The number of aliphatic carboxylic acids is 1. The van der Waals surface area contributed by atoms with Gasteiger partial charge in [-0.05, 0) is 55.4 Å². The lowest BCUT2D eigenvalue weighted by Crippen LogP contribution is -2.25. The van der Waals surface area contributed by atoms with E-state index in [-0.39, 0.29) is 11.8 Å². The van der Waals surface area contributed by atoms with Crippen LogP contribution in [0.5, 0.6) is 5.88 Å². The molecule has 0 bridgehead atoms. The van der Waals surface area contributed by atoms with Gasteiger partial charge < -0.3 is 14.4 Å². The van der Waals surface area contributed by atoms with Crippen LogP contribution in [0.4, 0.5) is 0 Å². The minimum atomic E-state index is -0.709. The Labute approximate surface area is 203 Å². The summed E-state index contributed by atoms with van der Waals surface area (Å²) < 4.78 is 7.67. The van der Waals surface area contributed by atoms with Gasteiger partial charge >= 0.3 is 5.97 Å². The number of nitrogens with zero attached hydrogens (tertiary/aromatic N) is 4. The largest absolute Gasteiger partial charge is 0.481 e. The van der Waals surface area contributed by atoms with E-state index in [4.69, 9.17) is 4.74 Å². The molecular formula is C27H29N5O3. The van der Waals surface area contributed by atoms with Crippen molar-refractivity contribution >= 4 is 27.8 Å². The number of hydrogen-bond donors (Lipinski definition) is 2. The molecule has 1 aromatic carbocycles. The smallest absolute Gasteiger partial charge is 0.306 e. The Kier molecular flexibility index (Phi) is 5.72. The molecule has 0 unspecified atom stereocenters. The second kappa shape index (κ2) is 8.73. The first-order valence-corrected chi connectivity index (χ1v) is 12.0. The van der Waals surface area contributed by atoms with E-state index in [1.807, 2.05) is 18.3 Å². The molecule has 180 valence electrons. The van der Waals surface area contributed by atoms with Crippen LogP contribution >= 0.6 is 0 Å². The van der Waals surface area contributed by atoms with E-state index in [9.17, 15) is 15.2 Å². The normalized spacial score (nSPS) is 18.6. The van der Waals surface area contributed by atoms with Gasteiger partial charge in [-0.25, -0.2) is 4.98 Å². The highest BCUT2D eigenvalue weighted by molar-refractivity contribution is 5.99. The van der Waals surface area contributed by atoms with Gasteiger partial charge in [0.1, 0.15) is 0 Å². The van der Waals surface area contributed by atoms with E-state index in [2.05, 4.69) is 51.8 Å². The van der Waals surface area contributed by atoms with E-state index in [0.717, 1.165) is 46.0 Å². The predicted octanol–water partition coefficient (Wildman–Crippen LogP) is 5.46. The first-order valence-electron chi connectivity index (χ1n) is 12.0. The second-order valence-electron chi connectivity index (χ2n) is 10.1. The Hall–Kier alpha value is -3.86. The summed E-state index contributed by atoms with van der Waals surface area (Å²) >= 11 is 0. The summed E-state index contributed by atoms with van der Waals surface area (Å²) in [7, 11) is 1.60. The zero-order valence-electron chi connectivity index (χ0n) is 20.2. The molecule has 4 aromatic rings. The predicted molar refractivity (Wildman–Crippen MR) is 133 cm³/mol. The van der Waals surface area contributed by atoms with E-state index >= 15 is 0 Å². The number of nitriles is 1. The summed E-state index contributed by atoms with van der Waals surface area (Å²) in [6.45, 7) is 4.22. The zero-order valence-corrected chi connectivity index (χ0v) is 20.2. The third kappa shape index (κ3) is 3.91. The highest BCUT2D eigenvalue weighted by Crippen LogP contribution is 2.47. The summed E-state index contributed by atoms with van der Waals surface area (Å²) in [6.07, 6.45) is 6.80. The molecule has 2 N–H and O–H groups in total. The number of rotatable bonds is 6. The highest BCUT2D eigenvalue weighted by Gasteiger charge is 2.36. The van der Waals surface area contributed by atoms with Crippen molar-refractivity contribution in [1.82, 2.24) is 19.7 Å². The minimum absolute atomic E-state index is 0.200. The van der Waals surface area contributed by atoms with Crippen molar-refractivity contribution in [2.75, 3.05) is 7.11 Å². The molecule has 5 rings (SSSR count). The molecule has 0 saturated heterocycles. The number of methoxy groups -OCH3 is 1. The van der Waals surface area contributed by atoms with Crippen molar-refractivity contribution in [3.63, 3.8) is 0 Å². The molecule has 0 spiro atoms. The molecule has 1 saturated carbocycles. The number of nitrogens with one attached hydrogen (secondary N) is 1. The molecule has 0 atom stereocenters. The van der Waals surface area contributed by atoms with Gasteiger partial charge in [-0.15, -0.1) is 0 Å². The maximum atomic E-state index is 11.6. The van der Waals surface area contributed by atoms with Crippen LogP contribution in [0.15, 0.2) is 36.7 Å². The summed E-state index contributed by atoms with van der Waals surface area (Å²) in [6, 6.07) is 10.5. The van der Waals surface area contributed by atoms with Crippen molar-refractivity contribution in [3.8, 4) is 17.6 Å². The standard InChI is InChI=1S/C27H29N5O3/c1-27(2,9-10-28)25-24(16-4-6-17(7-5-16)26(33)34)20-14-21-18(15-30-31-21)12-22(20)32(25)19-8-11-29-23(13-19)35-3/h8,11-17H,4-7,9H2,1-3H3,(H,30,31)(H,33,34). The molecule has 3 heterocycles. The number of carbonyl (C=O) groups is 1. The molecule has 1 fully saturated rings. The van der Waals surface area contributed by atoms with Gasteiger partial charge in [0.2, 0.25) is 5.88 Å². The van der Waals surface area contributed by atoms with Crippen molar-refractivity contribution in [3.05, 3.63) is 47.9 Å². The molecule has 8 nitrogen and oxygen atoms in total. The quantitative estimate of drug-likeness (QED) is 0.386. The number of aromatic amines is 1. The molecule has 0 amide bonds. The van der Waals surface area contributed by atoms with Crippen LogP contribution in [0, 0.1) is 17.2 Å². The van der Waals surface area contributed by atoms with E-state index in [1.54, 1.807) is 13.3 Å². The van der Waals surface area contributed by atoms with Crippen LogP contribution in [0.3, 0.4) is 0 Å². The van der Waals surface area contributed by atoms with Crippen molar-refractivity contribution in [2.45, 2.75) is 57.3 Å². The lowest BCUT2D eigenvalue weighted by molar-refractivity contribution is -0.142. The molecule has 3 aromatic heterocycles. The number of carboxylic acid groups (broad SMARTS) is 1. The summed E-state index contributed by atoms with van der Waals surface area (Å²) in [5, 5.41) is 28.7. The van der Waals surface area contributed by atoms with Crippen LogP contribution in [0.2, 0.25) is 0 Å². The number of fused-ring (bicyclic) bond motifs is 2. The monoisotopic (exact) mass is 471 g/mol. The Balaban J connectivity index is 1.83. The van der Waals surface area contributed by atoms with Crippen LogP contribution in [0.1, 0.15) is 63.1 Å². The Morgan fingerprint density at radius 3 is 2.74 bits per heavy atom. The first kappa shape index (κ1) is 22.9. The Morgan fingerprint density at radius 2 is 2.06 bits per heavy atom. The number of ether oxygens (including phenoxy) is 1. The average molecular weight is 472 g/mol. The van der Waals surface area contributed by atoms with Crippen molar-refractivity contribution in [1.29, 1.82) is 5.26 Å². The van der Waals surface area contributed by atoms with Crippen molar-refractivity contribution in [2.24, 2.45) is 5.92 Å². The SMILES string of the molecule is COc1cc(-n2c(C(C)(C)CC#N)c(C3CCC(C(=O)O)CC3)c3cc4[nH]ncc4cc32)ccn1. The Morgan fingerprint density at radius 1 is 1.29 bits per heavy atom. The van der Waals surface area contributed by atoms with Gasteiger partial charge in [-0.2, -0.15) is 10.4 Å². The third-order valence-corrected chi connectivity index (χ3v) is 7.40. The van der Waals surface area contributed by atoms with Gasteiger partial charge in [0, 0.05) is 40.6 Å². The van der Waals surface area contributed by atoms with Gasteiger partial charge in [0.15, 0.2) is 0 Å². The fourth-order valence-corrected chi connectivity index (χ4v) is 5.66. The highest BCUT2D eigenvalue weighted by atomic mass is 16.5. The Bertz CT molecular complexity index is 1450. The van der Waals surface area contributed by atoms with Gasteiger partial charge in [0.05, 0.1) is 42.0 Å². The lowest BCUT2D eigenvalue weighted by atomic mass is 9.74.